The van der Waals surface area contributed by atoms with Gasteiger partial charge in [-0.25, -0.2) is 9.97 Å². The highest BCUT2D eigenvalue weighted by molar-refractivity contribution is 6.26. The summed E-state index contributed by atoms with van der Waals surface area (Å²) in [5, 5.41) is 15.2. The third-order valence-electron chi connectivity index (χ3n) is 11.9. The van der Waals surface area contributed by atoms with E-state index in [1.54, 1.807) is 0 Å². The average Bonchev–Trinajstić information content (AvgIpc) is 4.05. The minimum Gasteiger partial charge on any atom is -0.310 e. The maximum Gasteiger partial charge on any atom is 0.0658 e. The Balaban J connectivity index is 1.09. The first kappa shape index (κ1) is 29.8. The summed E-state index contributed by atoms with van der Waals surface area (Å²) in [6.45, 7) is 0. The molecule has 5 heterocycles. The quantitative estimate of drug-likeness (QED) is 0.167. The molecule has 4 heteroatoms. The number of fused-ring (bicyclic) bond motifs is 8. The van der Waals surface area contributed by atoms with Gasteiger partial charge in [0, 0.05) is 32.8 Å². The topological polar surface area (TPSA) is 35.6 Å². The third-order valence-corrected chi connectivity index (χ3v) is 11.9. The highest BCUT2D eigenvalue weighted by Gasteiger charge is 2.16. The lowest BCUT2D eigenvalue weighted by Crippen LogP contribution is -1.97. The lowest BCUT2D eigenvalue weighted by atomic mass is 9.93. The second kappa shape index (κ2) is 11.0. The fourth-order valence-corrected chi connectivity index (χ4v) is 9.49. The molecule has 0 N–H and O–H groups in total. The van der Waals surface area contributed by atoms with Crippen LogP contribution in [-0.2, 0) is 0 Å². The normalized spacial score (nSPS) is 12.9. The fraction of sp³-hybridized carbons (Fsp3) is 0. The molecule has 0 aliphatic carbocycles. The van der Waals surface area contributed by atoms with Crippen LogP contribution in [0.2, 0.25) is 0 Å². The number of rotatable bonds is 2. The minimum atomic E-state index is 0.910. The summed E-state index contributed by atoms with van der Waals surface area (Å²) >= 11 is 0. The number of aromatic nitrogens is 4. The summed E-state index contributed by atoms with van der Waals surface area (Å²) in [5.41, 5.74) is 10.1. The Morgan fingerprint density at radius 2 is 0.589 bits per heavy atom. The molecular formula is C52H30N4. The highest BCUT2D eigenvalue weighted by Crippen LogP contribution is 2.40. The van der Waals surface area contributed by atoms with E-state index >= 15 is 0 Å². The van der Waals surface area contributed by atoms with Gasteiger partial charge in [0.1, 0.15) is 0 Å². The zero-order valence-corrected chi connectivity index (χ0v) is 30.1. The second-order valence-electron chi connectivity index (χ2n) is 15.1. The van der Waals surface area contributed by atoms with Crippen molar-refractivity contribution in [2.24, 2.45) is 0 Å². The van der Waals surface area contributed by atoms with E-state index in [4.69, 9.17) is 9.97 Å². The summed E-state index contributed by atoms with van der Waals surface area (Å²) in [7, 11) is 0. The molecule has 0 fully saturated rings. The standard InChI is InChI=1S/C52H30N4/c1-3-31-7-9-35-13-25-47(45-23-11-33(5-1)49(31)51(35)45)55-41-19-20-42(55)28-38-16-18-40(54-38)30-44-22-21-43(29-39-17-15-37(27-41)53-39)56(44)48-26-14-36-10-8-32-4-2-6-34-12-24-46(48)52(36)50(32)34/h1-30H. The van der Waals surface area contributed by atoms with Crippen LogP contribution in [0, 0.1) is 0 Å². The summed E-state index contributed by atoms with van der Waals surface area (Å²) in [6, 6.07) is 57.8. The Kier molecular flexibility index (Phi) is 5.86. The second-order valence-corrected chi connectivity index (χ2v) is 15.1. The Morgan fingerprint density at radius 1 is 0.286 bits per heavy atom. The molecular weight excluding hydrogens is 681 g/mol. The van der Waals surface area contributed by atoms with Crippen LogP contribution >= 0.6 is 0 Å². The monoisotopic (exact) mass is 710 g/mol. The maximum atomic E-state index is 5.18. The van der Waals surface area contributed by atoms with Crippen LogP contribution in [0.3, 0.4) is 0 Å². The zero-order valence-electron chi connectivity index (χ0n) is 30.1. The van der Waals surface area contributed by atoms with Crippen molar-refractivity contribution in [2.45, 2.75) is 0 Å². The van der Waals surface area contributed by atoms with Crippen molar-refractivity contribution in [1.82, 2.24) is 19.1 Å². The first-order valence-electron chi connectivity index (χ1n) is 19.1. The number of nitrogens with zero attached hydrogens (tertiary/aromatic N) is 4. The van der Waals surface area contributed by atoms with E-state index in [2.05, 4.69) is 191 Å². The Labute approximate surface area is 320 Å². The van der Waals surface area contributed by atoms with E-state index in [-0.39, 0.29) is 0 Å². The molecule has 0 spiro atoms. The molecule has 0 amide bonds. The van der Waals surface area contributed by atoms with Gasteiger partial charge in [0.2, 0.25) is 0 Å². The first-order valence-corrected chi connectivity index (χ1v) is 19.1. The molecule has 2 aliphatic rings. The average molecular weight is 711 g/mol. The smallest absolute Gasteiger partial charge is 0.0658 e. The van der Waals surface area contributed by atoms with Gasteiger partial charge in [-0.05, 0) is 139 Å². The molecule has 56 heavy (non-hydrogen) atoms. The third kappa shape index (κ3) is 4.24. The lowest BCUT2D eigenvalue weighted by Gasteiger charge is -2.16. The van der Waals surface area contributed by atoms with Gasteiger partial charge in [0.15, 0.2) is 0 Å². The van der Waals surface area contributed by atoms with Gasteiger partial charge < -0.3 is 9.13 Å². The lowest BCUT2D eigenvalue weighted by molar-refractivity contribution is 1.18. The largest absolute Gasteiger partial charge is 0.310 e. The van der Waals surface area contributed by atoms with Gasteiger partial charge in [-0.1, -0.05) is 97.1 Å². The summed E-state index contributed by atoms with van der Waals surface area (Å²) in [6.07, 6.45) is 8.48. The van der Waals surface area contributed by atoms with Gasteiger partial charge in [-0.15, -0.1) is 0 Å². The zero-order chi connectivity index (χ0) is 36.5. The maximum absolute atomic E-state index is 5.18. The minimum absolute atomic E-state index is 0.910. The van der Waals surface area contributed by atoms with E-state index in [0.717, 1.165) is 56.2 Å². The molecule has 0 saturated heterocycles. The fourth-order valence-electron chi connectivity index (χ4n) is 9.49. The molecule has 0 atom stereocenters. The predicted molar refractivity (Wildman–Crippen MR) is 236 cm³/mol. The summed E-state index contributed by atoms with van der Waals surface area (Å²) in [4.78, 5) is 10.4. The van der Waals surface area contributed by atoms with E-state index in [9.17, 15) is 0 Å². The van der Waals surface area contributed by atoms with Crippen LogP contribution in [0.4, 0.5) is 0 Å². The van der Waals surface area contributed by atoms with Gasteiger partial charge >= 0.3 is 0 Å². The van der Waals surface area contributed by atoms with Crippen LogP contribution < -0.4 is 0 Å². The molecule has 0 saturated carbocycles. The van der Waals surface area contributed by atoms with Crippen molar-refractivity contribution >= 4 is 111 Å². The molecule has 4 nitrogen and oxygen atoms in total. The van der Waals surface area contributed by atoms with E-state index in [1.807, 2.05) is 0 Å². The van der Waals surface area contributed by atoms with Crippen LogP contribution in [0.15, 0.2) is 158 Å². The number of hydrogen-bond acceptors (Lipinski definition) is 2. The number of hydrogen-bond donors (Lipinski definition) is 0. The summed E-state index contributed by atoms with van der Waals surface area (Å²) < 4.78 is 4.72. The van der Waals surface area contributed by atoms with Crippen LogP contribution in [0.1, 0.15) is 22.8 Å². The van der Waals surface area contributed by atoms with Crippen molar-refractivity contribution in [3.63, 3.8) is 0 Å². The van der Waals surface area contributed by atoms with Gasteiger partial charge in [-0.3, -0.25) is 0 Å². The molecule has 8 bridgehead atoms. The summed E-state index contributed by atoms with van der Waals surface area (Å²) in [5.74, 6) is 0. The molecule has 0 radical (unpaired) electrons. The SMILES string of the molecule is C1=Cc2cc3ccc(cc4nc(cc5ccc(cc1n2)n5-c1ccc2ccc5cccc6ccc1c2c56)C=C4)n3-c1ccc2ccc3cccc4ccc1c2c34. The van der Waals surface area contributed by atoms with Crippen molar-refractivity contribution in [2.75, 3.05) is 0 Å². The molecule has 13 rings (SSSR count). The molecule has 0 unspecified atom stereocenters. The predicted octanol–water partition coefficient (Wildman–Crippen LogP) is 13.4. The molecule has 8 aromatic carbocycles. The molecule has 11 aromatic rings. The van der Waals surface area contributed by atoms with Crippen molar-refractivity contribution in [3.8, 4) is 11.4 Å². The van der Waals surface area contributed by atoms with Crippen LogP contribution in [-0.4, -0.2) is 19.1 Å². The van der Waals surface area contributed by atoms with Crippen LogP contribution in [0.25, 0.3) is 122 Å². The van der Waals surface area contributed by atoms with Crippen molar-refractivity contribution in [3.05, 3.63) is 181 Å². The van der Waals surface area contributed by atoms with Gasteiger partial charge in [0.05, 0.1) is 34.2 Å². The molecule has 258 valence electrons. The molecule has 3 aromatic heterocycles. The van der Waals surface area contributed by atoms with Crippen LogP contribution in [0.5, 0.6) is 0 Å². The van der Waals surface area contributed by atoms with E-state index < -0.39 is 0 Å². The Hall–Kier alpha value is -7.56. The molecule has 2 aliphatic heterocycles. The van der Waals surface area contributed by atoms with E-state index in [0.29, 0.717) is 0 Å². The highest BCUT2D eigenvalue weighted by atomic mass is 15.0. The van der Waals surface area contributed by atoms with E-state index in [1.165, 1.54) is 64.6 Å². The van der Waals surface area contributed by atoms with Crippen molar-refractivity contribution < 1.29 is 0 Å². The van der Waals surface area contributed by atoms with Gasteiger partial charge in [-0.2, -0.15) is 0 Å². The Morgan fingerprint density at radius 3 is 0.946 bits per heavy atom. The van der Waals surface area contributed by atoms with Gasteiger partial charge in [0.25, 0.3) is 0 Å². The Bertz CT molecular complexity index is 3340. The van der Waals surface area contributed by atoms with Crippen molar-refractivity contribution in [1.29, 1.82) is 0 Å². The number of benzene rings is 8. The first-order chi connectivity index (χ1) is 27.7.